The first-order valence-corrected chi connectivity index (χ1v) is 8.25. The van der Waals surface area contributed by atoms with E-state index in [1.165, 1.54) is 16.2 Å². The smallest absolute Gasteiger partial charge is 0.328 e. The Morgan fingerprint density at radius 2 is 2.17 bits per heavy atom. The van der Waals surface area contributed by atoms with Gasteiger partial charge >= 0.3 is 5.97 Å². The third-order valence-corrected chi connectivity index (χ3v) is 5.43. The van der Waals surface area contributed by atoms with Crippen molar-refractivity contribution in [1.82, 2.24) is 19.7 Å². The zero-order valence-electron chi connectivity index (χ0n) is 12.6. The van der Waals surface area contributed by atoms with Gasteiger partial charge in [0, 0.05) is 4.88 Å². The molecule has 1 aliphatic rings. The van der Waals surface area contributed by atoms with Crippen molar-refractivity contribution in [3.63, 3.8) is 0 Å². The van der Waals surface area contributed by atoms with E-state index in [1.807, 2.05) is 0 Å². The number of hydrogen-bond acceptors (Lipinski definition) is 5. The van der Waals surface area contributed by atoms with Crippen LogP contribution in [0.25, 0.3) is 0 Å². The Balaban J connectivity index is 1.90. The van der Waals surface area contributed by atoms with E-state index >= 15 is 0 Å². The number of aryl methyl sites for hydroxylation is 1. The molecule has 2 unspecified atom stereocenters. The zero-order valence-corrected chi connectivity index (χ0v) is 14.1. The van der Waals surface area contributed by atoms with Crippen LogP contribution in [0.1, 0.15) is 29.4 Å². The predicted octanol–water partition coefficient (Wildman–Crippen LogP) is 1.90. The predicted molar refractivity (Wildman–Crippen MR) is 84.5 cm³/mol. The monoisotopic (exact) mass is 354 g/mol. The Hall–Kier alpha value is -1.93. The molecule has 0 aliphatic carbocycles. The molecular weight excluding hydrogens is 340 g/mol. The normalized spacial score (nSPS) is 18.6. The van der Waals surface area contributed by atoms with Crippen molar-refractivity contribution in [3.05, 3.63) is 33.0 Å². The van der Waals surface area contributed by atoms with Crippen molar-refractivity contribution in [1.29, 1.82) is 0 Å². The minimum absolute atomic E-state index is 0.139. The minimum atomic E-state index is -1.03. The molecule has 7 nitrogen and oxygen atoms in total. The van der Waals surface area contributed by atoms with Crippen molar-refractivity contribution in [2.75, 3.05) is 0 Å². The van der Waals surface area contributed by atoms with E-state index in [-0.39, 0.29) is 19.0 Å². The van der Waals surface area contributed by atoms with Gasteiger partial charge in [0.1, 0.15) is 11.9 Å². The fourth-order valence-electron chi connectivity index (χ4n) is 2.69. The fourth-order valence-corrected chi connectivity index (χ4v) is 3.79. The first-order valence-electron chi connectivity index (χ1n) is 7.05. The number of carbonyl (C=O) groups is 2. The van der Waals surface area contributed by atoms with Crippen molar-refractivity contribution in [2.24, 2.45) is 0 Å². The molecule has 23 heavy (non-hydrogen) atoms. The standard InChI is InChI=1S/C14H15ClN4O3S/c1-7(10-3-4-11(15)23-10)13(20)19-6-12-17-16-8(2)18(12)5-9(19)14(21)22/h3-4,7,9H,5-6H2,1-2H3,(H,21,22). The van der Waals surface area contributed by atoms with Crippen LogP contribution in [0.4, 0.5) is 0 Å². The minimum Gasteiger partial charge on any atom is -0.480 e. The molecule has 0 radical (unpaired) electrons. The van der Waals surface area contributed by atoms with Crippen LogP contribution in [-0.4, -0.2) is 42.7 Å². The van der Waals surface area contributed by atoms with Crippen LogP contribution in [-0.2, 0) is 22.7 Å². The topological polar surface area (TPSA) is 88.3 Å². The summed E-state index contributed by atoms with van der Waals surface area (Å²) in [5.74, 6) is -0.484. The number of hydrogen-bond donors (Lipinski definition) is 1. The Labute approximate surface area is 141 Å². The SMILES string of the molecule is Cc1nnc2n1CC(C(=O)O)N(C(=O)C(C)c1ccc(Cl)s1)C2. The summed E-state index contributed by atoms with van der Waals surface area (Å²) < 4.78 is 2.35. The molecule has 0 bridgehead atoms. The van der Waals surface area contributed by atoms with Gasteiger partial charge in [-0.25, -0.2) is 4.79 Å². The largest absolute Gasteiger partial charge is 0.480 e. The average Bonchev–Trinajstić information content (AvgIpc) is 3.11. The van der Waals surface area contributed by atoms with Crippen LogP contribution in [0.3, 0.4) is 0 Å². The molecule has 1 aliphatic heterocycles. The van der Waals surface area contributed by atoms with Crippen LogP contribution < -0.4 is 0 Å². The maximum absolute atomic E-state index is 12.8. The molecule has 122 valence electrons. The zero-order chi connectivity index (χ0) is 16.7. The van der Waals surface area contributed by atoms with Crippen molar-refractivity contribution >= 4 is 34.8 Å². The number of nitrogens with zero attached hydrogens (tertiary/aromatic N) is 4. The van der Waals surface area contributed by atoms with Gasteiger partial charge in [0.05, 0.1) is 23.3 Å². The second-order valence-corrected chi connectivity index (χ2v) is 7.20. The van der Waals surface area contributed by atoms with E-state index in [9.17, 15) is 14.7 Å². The molecule has 0 saturated carbocycles. The van der Waals surface area contributed by atoms with E-state index in [4.69, 9.17) is 11.6 Å². The number of halogens is 1. The Morgan fingerprint density at radius 1 is 1.43 bits per heavy atom. The molecule has 0 fully saturated rings. The van der Waals surface area contributed by atoms with Gasteiger partial charge in [0.2, 0.25) is 5.91 Å². The number of fused-ring (bicyclic) bond motifs is 1. The van der Waals surface area contributed by atoms with Gasteiger partial charge in [-0.1, -0.05) is 11.6 Å². The number of carboxylic acids is 1. The second kappa shape index (κ2) is 5.93. The van der Waals surface area contributed by atoms with Gasteiger partial charge in [0.25, 0.3) is 0 Å². The number of carbonyl (C=O) groups excluding carboxylic acids is 1. The summed E-state index contributed by atoms with van der Waals surface area (Å²) >= 11 is 7.25. The highest BCUT2D eigenvalue weighted by Gasteiger charge is 2.38. The highest BCUT2D eigenvalue weighted by Crippen LogP contribution is 2.31. The molecule has 1 N–H and O–H groups in total. The summed E-state index contributed by atoms with van der Waals surface area (Å²) in [7, 11) is 0. The molecule has 3 heterocycles. The Morgan fingerprint density at radius 3 is 2.78 bits per heavy atom. The van der Waals surface area contributed by atoms with Gasteiger partial charge in [0.15, 0.2) is 5.82 Å². The molecular formula is C14H15ClN4O3S. The van der Waals surface area contributed by atoms with Crippen molar-refractivity contribution in [2.45, 2.75) is 38.9 Å². The van der Waals surface area contributed by atoms with Crippen LogP contribution >= 0.6 is 22.9 Å². The molecule has 2 atom stereocenters. The number of rotatable bonds is 3. The maximum atomic E-state index is 12.8. The quantitative estimate of drug-likeness (QED) is 0.909. The summed E-state index contributed by atoms with van der Waals surface area (Å²) in [4.78, 5) is 26.6. The lowest BCUT2D eigenvalue weighted by atomic mass is 10.1. The fraction of sp³-hybridized carbons (Fsp3) is 0.429. The Bertz CT molecular complexity index is 772. The highest BCUT2D eigenvalue weighted by molar-refractivity contribution is 7.16. The van der Waals surface area contributed by atoms with Crippen molar-refractivity contribution in [3.8, 4) is 0 Å². The van der Waals surface area contributed by atoms with Gasteiger partial charge in [-0.15, -0.1) is 21.5 Å². The molecule has 0 aromatic carbocycles. The summed E-state index contributed by atoms with van der Waals surface area (Å²) in [5, 5.41) is 17.5. The van der Waals surface area contributed by atoms with Crippen LogP contribution in [0.5, 0.6) is 0 Å². The number of amides is 1. The maximum Gasteiger partial charge on any atom is 0.328 e. The first-order chi connectivity index (χ1) is 10.9. The van der Waals surface area contributed by atoms with Crippen molar-refractivity contribution < 1.29 is 14.7 Å². The van der Waals surface area contributed by atoms with Gasteiger partial charge in [-0.05, 0) is 26.0 Å². The lowest BCUT2D eigenvalue weighted by molar-refractivity contribution is -0.153. The van der Waals surface area contributed by atoms with Crippen LogP contribution in [0.2, 0.25) is 4.34 Å². The second-order valence-electron chi connectivity index (χ2n) is 5.46. The van der Waals surface area contributed by atoms with E-state index in [0.29, 0.717) is 16.0 Å². The van der Waals surface area contributed by atoms with Crippen LogP contribution in [0.15, 0.2) is 12.1 Å². The molecule has 2 aromatic rings. The lowest BCUT2D eigenvalue weighted by Gasteiger charge is -2.34. The summed E-state index contributed by atoms with van der Waals surface area (Å²) in [6.07, 6.45) is 0. The van der Waals surface area contributed by atoms with Gasteiger partial charge in [-0.2, -0.15) is 0 Å². The Kier molecular flexibility index (Phi) is 4.11. The highest BCUT2D eigenvalue weighted by atomic mass is 35.5. The number of thiophene rings is 1. The lowest BCUT2D eigenvalue weighted by Crippen LogP contribution is -2.51. The van der Waals surface area contributed by atoms with E-state index in [2.05, 4.69) is 10.2 Å². The molecule has 9 heteroatoms. The summed E-state index contributed by atoms with van der Waals surface area (Å²) in [5.41, 5.74) is 0. The molecule has 3 rings (SSSR count). The average molecular weight is 355 g/mol. The van der Waals surface area contributed by atoms with Crippen LogP contribution in [0, 0.1) is 6.92 Å². The van der Waals surface area contributed by atoms with E-state index < -0.39 is 17.9 Å². The third-order valence-electron chi connectivity index (χ3n) is 4.02. The van der Waals surface area contributed by atoms with E-state index in [0.717, 1.165) is 4.88 Å². The third kappa shape index (κ3) is 2.84. The number of aliphatic carboxylic acids is 1. The summed E-state index contributed by atoms with van der Waals surface area (Å²) in [6.45, 7) is 3.82. The van der Waals surface area contributed by atoms with Gasteiger partial charge < -0.3 is 14.6 Å². The number of carboxylic acid groups (broad SMARTS) is 1. The first kappa shape index (κ1) is 15.9. The number of aromatic nitrogens is 3. The summed E-state index contributed by atoms with van der Waals surface area (Å²) in [6, 6.07) is 2.60. The van der Waals surface area contributed by atoms with E-state index in [1.54, 1.807) is 30.5 Å². The molecule has 1 amide bonds. The van der Waals surface area contributed by atoms with Gasteiger partial charge in [-0.3, -0.25) is 4.79 Å². The molecule has 0 spiro atoms. The molecule has 2 aromatic heterocycles. The molecule has 0 saturated heterocycles.